The second-order valence-electron chi connectivity index (χ2n) is 4.17. The predicted octanol–water partition coefficient (Wildman–Crippen LogP) is 1.73. The van der Waals surface area contributed by atoms with Gasteiger partial charge in [0.1, 0.15) is 5.03 Å². The van der Waals surface area contributed by atoms with Gasteiger partial charge in [-0.1, -0.05) is 0 Å². The van der Waals surface area contributed by atoms with Crippen LogP contribution in [0.1, 0.15) is 31.3 Å². The van der Waals surface area contributed by atoms with Crippen LogP contribution < -0.4 is 5.32 Å². The highest BCUT2D eigenvalue weighted by Crippen LogP contribution is 2.09. The highest BCUT2D eigenvalue weighted by Gasteiger charge is 2.16. The minimum absolute atomic E-state index is 0.192. The Morgan fingerprint density at radius 1 is 1.33 bits per heavy atom. The lowest BCUT2D eigenvalue weighted by molar-refractivity contribution is 0.0913. The molecule has 0 aliphatic heterocycles. The van der Waals surface area contributed by atoms with Crippen LogP contribution in [-0.4, -0.2) is 27.9 Å². The molecule has 4 nitrogen and oxygen atoms in total. The van der Waals surface area contributed by atoms with E-state index >= 15 is 0 Å². The van der Waals surface area contributed by atoms with Crippen LogP contribution in [-0.2, 0) is 0 Å². The third-order valence-corrected chi connectivity index (χ3v) is 2.21. The van der Waals surface area contributed by atoms with Crippen molar-refractivity contribution >= 4 is 17.7 Å². The van der Waals surface area contributed by atoms with E-state index in [-0.39, 0.29) is 11.4 Å². The number of hydrogen-bond donors (Lipinski definition) is 1. The van der Waals surface area contributed by atoms with Crippen molar-refractivity contribution in [2.75, 3.05) is 6.26 Å². The maximum Gasteiger partial charge on any atom is 0.272 e. The Morgan fingerprint density at radius 3 is 2.40 bits per heavy atom. The number of amides is 1. The largest absolute Gasteiger partial charge is 0.346 e. The molecule has 1 N–H and O–H groups in total. The monoisotopic (exact) mass is 225 g/mol. The van der Waals surface area contributed by atoms with Crippen molar-refractivity contribution < 1.29 is 4.79 Å². The second-order valence-corrected chi connectivity index (χ2v) is 4.99. The van der Waals surface area contributed by atoms with Crippen molar-refractivity contribution in [3.63, 3.8) is 0 Å². The Hall–Kier alpha value is -1.10. The van der Waals surface area contributed by atoms with Crippen molar-refractivity contribution in [3.8, 4) is 0 Å². The van der Waals surface area contributed by atoms with Gasteiger partial charge in [-0.3, -0.25) is 4.79 Å². The van der Waals surface area contributed by atoms with E-state index in [9.17, 15) is 4.79 Å². The third kappa shape index (κ3) is 3.87. The number of thioether (sulfide) groups is 1. The summed E-state index contributed by atoms with van der Waals surface area (Å²) in [5, 5.41) is 11.4. The van der Waals surface area contributed by atoms with E-state index in [1.165, 1.54) is 11.8 Å². The molecule has 1 aromatic rings. The molecule has 0 fully saturated rings. The molecule has 0 aromatic carbocycles. The summed E-state index contributed by atoms with van der Waals surface area (Å²) >= 11 is 1.50. The van der Waals surface area contributed by atoms with Gasteiger partial charge in [-0.2, -0.15) is 0 Å². The van der Waals surface area contributed by atoms with Gasteiger partial charge in [0.25, 0.3) is 5.91 Å². The van der Waals surface area contributed by atoms with Gasteiger partial charge >= 0.3 is 0 Å². The quantitative estimate of drug-likeness (QED) is 0.779. The highest BCUT2D eigenvalue weighted by atomic mass is 32.2. The smallest absolute Gasteiger partial charge is 0.272 e. The molecule has 1 aromatic heterocycles. The van der Waals surface area contributed by atoms with E-state index in [0.29, 0.717) is 5.69 Å². The van der Waals surface area contributed by atoms with E-state index in [0.717, 1.165) is 5.03 Å². The first kappa shape index (κ1) is 12.0. The number of carbonyl (C=O) groups excluding carboxylic acids is 1. The van der Waals surface area contributed by atoms with Crippen LogP contribution in [0.2, 0.25) is 0 Å². The fourth-order valence-corrected chi connectivity index (χ4v) is 1.28. The van der Waals surface area contributed by atoms with Crippen molar-refractivity contribution in [3.05, 3.63) is 17.8 Å². The molecule has 0 saturated carbocycles. The normalized spacial score (nSPS) is 11.2. The molecule has 0 aliphatic carbocycles. The maximum absolute atomic E-state index is 11.6. The lowest BCUT2D eigenvalue weighted by atomic mass is 10.1. The van der Waals surface area contributed by atoms with Crippen LogP contribution in [0.4, 0.5) is 0 Å². The molecular weight excluding hydrogens is 210 g/mol. The van der Waals surface area contributed by atoms with E-state index in [1.54, 1.807) is 12.1 Å². The van der Waals surface area contributed by atoms with Gasteiger partial charge in [0.15, 0.2) is 5.69 Å². The summed E-state index contributed by atoms with van der Waals surface area (Å²) in [6.45, 7) is 5.78. The van der Waals surface area contributed by atoms with Crippen LogP contribution >= 0.6 is 11.8 Å². The second kappa shape index (κ2) is 4.61. The Bertz CT molecular complexity index is 343. The summed E-state index contributed by atoms with van der Waals surface area (Å²) in [7, 11) is 0. The minimum atomic E-state index is -0.253. The molecule has 0 bridgehead atoms. The summed E-state index contributed by atoms with van der Waals surface area (Å²) in [6, 6.07) is 3.47. The van der Waals surface area contributed by atoms with Crippen molar-refractivity contribution in [1.29, 1.82) is 0 Å². The van der Waals surface area contributed by atoms with Crippen LogP contribution in [0.25, 0.3) is 0 Å². The highest BCUT2D eigenvalue weighted by molar-refractivity contribution is 7.98. The summed E-state index contributed by atoms with van der Waals surface area (Å²) in [5.74, 6) is -0.192. The van der Waals surface area contributed by atoms with Crippen molar-refractivity contribution in [2.45, 2.75) is 31.3 Å². The molecule has 1 rings (SSSR count). The number of aromatic nitrogens is 2. The Balaban J connectivity index is 2.75. The van der Waals surface area contributed by atoms with Gasteiger partial charge in [0, 0.05) is 5.54 Å². The standard InChI is InChI=1S/C10H15N3OS/c1-10(2,3)11-9(14)7-5-6-8(15-4)13-12-7/h5-6H,1-4H3,(H,11,14). The number of nitrogens with zero attached hydrogens (tertiary/aromatic N) is 2. The Labute approximate surface area is 93.9 Å². The van der Waals surface area contributed by atoms with E-state index in [1.807, 2.05) is 27.0 Å². The van der Waals surface area contributed by atoms with Gasteiger partial charge in [-0.15, -0.1) is 22.0 Å². The van der Waals surface area contributed by atoms with Gasteiger partial charge in [0.05, 0.1) is 0 Å². The number of carbonyl (C=O) groups is 1. The molecule has 1 heterocycles. The SMILES string of the molecule is CSc1ccc(C(=O)NC(C)(C)C)nn1. The molecule has 0 radical (unpaired) electrons. The van der Waals surface area contributed by atoms with Crippen LogP contribution in [0, 0.1) is 0 Å². The molecule has 82 valence electrons. The lowest BCUT2D eigenvalue weighted by Crippen LogP contribution is -2.41. The number of nitrogens with one attached hydrogen (secondary N) is 1. The molecule has 0 atom stereocenters. The molecular formula is C10H15N3OS. The van der Waals surface area contributed by atoms with E-state index < -0.39 is 0 Å². The van der Waals surface area contributed by atoms with Crippen molar-refractivity contribution in [1.82, 2.24) is 15.5 Å². The molecule has 0 spiro atoms. The predicted molar refractivity (Wildman–Crippen MR) is 61.0 cm³/mol. The molecule has 0 aliphatic rings. The van der Waals surface area contributed by atoms with Crippen LogP contribution in [0.5, 0.6) is 0 Å². The summed E-state index contributed by atoms with van der Waals surface area (Å²) < 4.78 is 0. The average Bonchev–Trinajstić information content (AvgIpc) is 2.15. The van der Waals surface area contributed by atoms with Gasteiger partial charge in [-0.25, -0.2) is 0 Å². The van der Waals surface area contributed by atoms with Gasteiger partial charge in [-0.05, 0) is 39.2 Å². The molecule has 0 saturated heterocycles. The fourth-order valence-electron chi connectivity index (χ4n) is 0.955. The van der Waals surface area contributed by atoms with Gasteiger partial charge < -0.3 is 5.32 Å². The maximum atomic E-state index is 11.6. The Kier molecular flexibility index (Phi) is 3.68. The number of rotatable bonds is 2. The molecule has 1 amide bonds. The summed E-state index contributed by atoms with van der Waals surface area (Å²) in [6.07, 6.45) is 1.92. The van der Waals surface area contributed by atoms with Crippen LogP contribution in [0.3, 0.4) is 0 Å². The first-order chi connectivity index (χ1) is 6.92. The summed E-state index contributed by atoms with van der Waals surface area (Å²) in [4.78, 5) is 11.6. The fraction of sp³-hybridized carbons (Fsp3) is 0.500. The number of hydrogen-bond acceptors (Lipinski definition) is 4. The van der Waals surface area contributed by atoms with Crippen LogP contribution in [0.15, 0.2) is 17.2 Å². The van der Waals surface area contributed by atoms with Crippen molar-refractivity contribution in [2.24, 2.45) is 0 Å². The minimum Gasteiger partial charge on any atom is -0.346 e. The molecule has 5 heteroatoms. The summed E-state index contributed by atoms with van der Waals surface area (Å²) in [5.41, 5.74) is 0.0967. The molecule has 0 unspecified atom stereocenters. The zero-order chi connectivity index (χ0) is 11.5. The molecule has 15 heavy (non-hydrogen) atoms. The lowest BCUT2D eigenvalue weighted by Gasteiger charge is -2.19. The van der Waals surface area contributed by atoms with E-state index in [2.05, 4.69) is 15.5 Å². The van der Waals surface area contributed by atoms with E-state index in [4.69, 9.17) is 0 Å². The zero-order valence-corrected chi connectivity index (χ0v) is 10.2. The first-order valence-electron chi connectivity index (χ1n) is 4.62. The average molecular weight is 225 g/mol. The topological polar surface area (TPSA) is 54.9 Å². The Morgan fingerprint density at radius 2 is 2.00 bits per heavy atom. The first-order valence-corrected chi connectivity index (χ1v) is 5.85. The zero-order valence-electron chi connectivity index (χ0n) is 9.37. The van der Waals surface area contributed by atoms with Gasteiger partial charge in [0.2, 0.25) is 0 Å². The third-order valence-electron chi connectivity index (χ3n) is 1.57.